The van der Waals surface area contributed by atoms with E-state index in [0.717, 1.165) is 5.56 Å². The van der Waals surface area contributed by atoms with Gasteiger partial charge in [-0.3, -0.25) is 9.59 Å². The van der Waals surface area contributed by atoms with Crippen LogP contribution < -0.4 is 10.0 Å². The van der Waals surface area contributed by atoms with Crippen LogP contribution in [0.25, 0.3) is 0 Å². The molecule has 0 radical (unpaired) electrons. The fraction of sp³-hybridized carbons (Fsp3) is 0.273. The number of carbonyl (C=O) groups excluding carboxylic acids is 1. The van der Waals surface area contributed by atoms with Gasteiger partial charge in [-0.05, 0) is 40.5 Å². The van der Waals surface area contributed by atoms with Crippen molar-refractivity contribution in [2.45, 2.75) is 11.8 Å². The van der Waals surface area contributed by atoms with Crippen molar-refractivity contribution in [1.82, 2.24) is 10.0 Å². The number of carboxylic acid groups (broad SMARTS) is 1. The summed E-state index contributed by atoms with van der Waals surface area (Å²) in [7, 11) is -3.85. The molecule has 0 saturated heterocycles. The Morgan fingerprint density at radius 3 is 2.50 bits per heavy atom. The summed E-state index contributed by atoms with van der Waals surface area (Å²) in [5.74, 6) is -1.93. The summed E-state index contributed by atoms with van der Waals surface area (Å²) in [5.41, 5.74) is 0.884. The molecule has 0 aliphatic heterocycles. The number of hydrogen-bond donors (Lipinski definition) is 3. The number of carbonyl (C=O) groups is 2. The molecule has 3 N–H and O–H groups in total. The van der Waals surface area contributed by atoms with E-state index in [1.54, 1.807) is 12.1 Å². The Hall–Kier alpha value is -1.45. The van der Waals surface area contributed by atoms with Gasteiger partial charge in [0.2, 0.25) is 15.9 Å². The SMILES string of the molecule is Cc1ccc(S(=O)(=O)NCC(=O)NCC(=O)O)c(Br)c1. The second-order valence-corrected chi connectivity index (χ2v) is 6.52. The number of amides is 1. The van der Waals surface area contributed by atoms with Crippen molar-refractivity contribution in [3.05, 3.63) is 28.2 Å². The predicted molar refractivity (Wildman–Crippen MR) is 74.7 cm³/mol. The monoisotopic (exact) mass is 364 g/mol. The van der Waals surface area contributed by atoms with E-state index < -0.39 is 35.0 Å². The first-order valence-corrected chi connectivity index (χ1v) is 7.74. The number of halogens is 1. The lowest BCUT2D eigenvalue weighted by Gasteiger charge is -2.09. The number of hydrogen-bond acceptors (Lipinski definition) is 4. The smallest absolute Gasteiger partial charge is 0.322 e. The highest BCUT2D eigenvalue weighted by molar-refractivity contribution is 9.10. The summed E-state index contributed by atoms with van der Waals surface area (Å²) in [5, 5.41) is 10.4. The lowest BCUT2D eigenvalue weighted by atomic mass is 10.2. The minimum Gasteiger partial charge on any atom is -0.480 e. The van der Waals surface area contributed by atoms with Crippen LogP contribution in [0.3, 0.4) is 0 Å². The molecule has 0 heterocycles. The van der Waals surface area contributed by atoms with E-state index in [1.807, 2.05) is 6.92 Å². The first-order chi connectivity index (χ1) is 9.22. The average Bonchev–Trinajstić information content (AvgIpc) is 2.33. The third-order valence-corrected chi connectivity index (χ3v) is 4.61. The van der Waals surface area contributed by atoms with Crippen LogP contribution in [-0.4, -0.2) is 38.5 Å². The molecule has 0 spiro atoms. The highest BCUT2D eigenvalue weighted by Crippen LogP contribution is 2.22. The Labute approximate surface area is 124 Å². The van der Waals surface area contributed by atoms with Crippen molar-refractivity contribution in [3.8, 4) is 0 Å². The quantitative estimate of drug-likeness (QED) is 0.668. The summed E-state index contributed by atoms with van der Waals surface area (Å²) in [6, 6.07) is 4.68. The van der Waals surface area contributed by atoms with Crippen molar-refractivity contribution < 1.29 is 23.1 Å². The van der Waals surface area contributed by atoms with Crippen molar-refractivity contribution in [1.29, 1.82) is 0 Å². The highest BCUT2D eigenvalue weighted by atomic mass is 79.9. The fourth-order valence-electron chi connectivity index (χ4n) is 1.30. The summed E-state index contributed by atoms with van der Waals surface area (Å²) in [4.78, 5) is 21.5. The molecule has 7 nitrogen and oxygen atoms in total. The molecule has 1 rings (SSSR count). The number of aliphatic carboxylic acids is 1. The molecule has 0 unspecified atom stereocenters. The van der Waals surface area contributed by atoms with Gasteiger partial charge >= 0.3 is 5.97 Å². The summed E-state index contributed by atoms with van der Waals surface area (Å²) in [6.45, 7) is 0.721. The van der Waals surface area contributed by atoms with E-state index in [1.165, 1.54) is 6.07 Å². The Balaban J connectivity index is 2.71. The normalized spacial score (nSPS) is 11.1. The summed E-state index contributed by atoms with van der Waals surface area (Å²) >= 11 is 3.14. The topological polar surface area (TPSA) is 113 Å². The van der Waals surface area contributed by atoms with Gasteiger partial charge in [0.25, 0.3) is 0 Å². The van der Waals surface area contributed by atoms with Gasteiger partial charge in [-0.2, -0.15) is 0 Å². The van der Waals surface area contributed by atoms with Crippen LogP contribution in [0.2, 0.25) is 0 Å². The standard InChI is InChI=1S/C11H13BrN2O5S/c1-7-2-3-9(8(12)4-7)20(18,19)14-5-10(15)13-6-11(16)17/h2-4,14H,5-6H2,1H3,(H,13,15)(H,16,17). The second kappa shape index (κ2) is 6.82. The minimum atomic E-state index is -3.85. The average molecular weight is 365 g/mol. The molecule has 0 atom stereocenters. The summed E-state index contributed by atoms with van der Waals surface area (Å²) in [6.07, 6.45) is 0. The third-order valence-electron chi connectivity index (χ3n) is 2.24. The van der Waals surface area contributed by atoms with Crippen LogP contribution >= 0.6 is 15.9 Å². The zero-order valence-corrected chi connectivity index (χ0v) is 12.9. The minimum absolute atomic E-state index is 0.00846. The molecular weight excluding hydrogens is 352 g/mol. The molecule has 0 fully saturated rings. The molecule has 0 aliphatic rings. The lowest BCUT2D eigenvalue weighted by Crippen LogP contribution is -2.39. The van der Waals surface area contributed by atoms with Gasteiger partial charge in [-0.1, -0.05) is 6.07 Å². The Morgan fingerprint density at radius 2 is 1.95 bits per heavy atom. The van der Waals surface area contributed by atoms with Gasteiger partial charge in [-0.25, -0.2) is 13.1 Å². The molecule has 1 aromatic carbocycles. The van der Waals surface area contributed by atoms with E-state index in [0.29, 0.717) is 4.47 Å². The largest absolute Gasteiger partial charge is 0.480 e. The van der Waals surface area contributed by atoms with Crippen LogP contribution in [0, 0.1) is 6.92 Å². The van der Waals surface area contributed by atoms with Gasteiger partial charge in [0.1, 0.15) is 6.54 Å². The maximum atomic E-state index is 12.0. The molecule has 20 heavy (non-hydrogen) atoms. The molecule has 9 heteroatoms. The van der Waals surface area contributed by atoms with Crippen molar-refractivity contribution in [3.63, 3.8) is 0 Å². The number of carboxylic acids is 1. The van der Waals surface area contributed by atoms with E-state index in [9.17, 15) is 18.0 Å². The molecular formula is C11H13BrN2O5S. The van der Waals surface area contributed by atoms with E-state index >= 15 is 0 Å². The third kappa shape index (κ3) is 4.91. The highest BCUT2D eigenvalue weighted by Gasteiger charge is 2.18. The number of aryl methyl sites for hydroxylation is 1. The fourth-order valence-corrected chi connectivity index (χ4v) is 3.47. The molecule has 0 saturated carbocycles. The van der Waals surface area contributed by atoms with E-state index in [4.69, 9.17) is 5.11 Å². The Morgan fingerprint density at radius 1 is 1.30 bits per heavy atom. The van der Waals surface area contributed by atoms with Crippen LogP contribution in [-0.2, 0) is 19.6 Å². The van der Waals surface area contributed by atoms with Gasteiger partial charge in [0.15, 0.2) is 0 Å². The molecule has 0 bridgehead atoms. The van der Waals surface area contributed by atoms with Crippen LogP contribution in [0.15, 0.2) is 27.6 Å². The zero-order chi connectivity index (χ0) is 15.3. The number of benzene rings is 1. The van der Waals surface area contributed by atoms with Crippen molar-refractivity contribution in [2.75, 3.05) is 13.1 Å². The maximum absolute atomic E-state index is 12.0. The number of rotatable bonds is 6. The molecule has 0 aliphatic carbocycles. The van der Waals surface area contributed by atoms with Gasteiger partial charge in [0.05, 0.1) is 11.4 Å². The van der Waals surface area contributed by atoms with Crippen LogP contribution in [0.4, 0.5) is 0 Å². The number of nitrogens with one attached hydrogen (secondary N) is 2. The first-order valence-electron chi connectivity index (χ1n) is 5.46. The van der Waals surface area contributed by atoms with Crippen LogP contribution in [0.1, 0.15) is 5.56 Å². The lowest BCUT2D eigenvalue weighted by molar-refractivity contribution is -0.137. The van der Waals surface area contributed by atoms with Crippen molar-refractivity contribution in [2.24, 2.45) is 0 Å². The molecule has 110 valence electrons. The van der Waals surface area contributed by atoms with E-state index in [-0.39, 0.29) is 4.90 Å². The maximum Gasteiger partial charge on any atom is 0.322 e. The van der Waals surface area contributed by atoms with Crippen LogP contribution in [0.5, 0.6) is 0 Å². The molecule has 0 aromatic heterocycles. The zero-order valence-electron chi connectivity index (χ0n) is 10.5. The Kier molecular flexibility index (Phi) is 5.66. The molecule has 1 aromatic rings. The van der Waals surface area contributed by atoms with Gasteiger partial charge in [-0.15, -0.1) is 0 Å². The first kappa shape index (κ1) is 16.6. The second-order valence-electron chi connectivity index (χ2n) is 3.93. The van der Waals surface area contributed by atoms with Crippen molar-refractivity contribution >= 4 is 37.8 Å². The summed E-state index contributed by atoms with van der Waals surface area (Å²) < 4.78 is 26.4. The predicted octanol–water partition coefficient (Wildman–Crippen LogP) is 0.237. The van der Waals surface area contributed by atoms with Gasteiger partial charge in [0, 0.05) is 4.47 Å². The Bertz CT molecular complexity index is 630. The molecule has 1 amide bonds. The van der Waals surface area contributed by atoms with Gasteiger partial charge < -0.3 is 10.4 Å². The van der Waals surface area contributed by atoms with E-state index in [2.05, 4.69) is 26.0 Å². The number of sulfonamides is 1.